The van der Waals surface area contributed by atoms with Crippen LogP contribution in [-0.2, 0) is 17.9 Å². The lowest BCUT2D eigenvalue weighted by atomic mass is 9.98. The van der Waals surface area contributed by atoms with Crippen molar-refractivity contribution in [2.75, 3.05) is 6.54 Å². The topological polar surface area (TPSA) is 75.0 Å². The van der Waals surface area contributed by atoms with E-state index < -0.39 is 0 Å². The number of benzene rings is 2. The lowest BCUT2D eigenvalue weighted by Crippen LogP contribution is -2.34. The minimum absolute atomic E-state index is 0.0670. The average molecular weight is 332 g/mol. The standard InChI is InChI=1S/C20H20N4O/c21-11-16(14-7-3-1-4-8-14)20(25)24-12-17-18(13-24)22-23-19(17)15-9-5-2-6-10-15/h1-10,16H,11-13,21H2,(H,22,23). The van der Waals surface area contributed by atoms with E-state index in [0.29, 0.717) is 19.6 Å². The molecule has 1 aliphatic rings. The molecule has 3 aromatic rings. The van der Waals surface area contributed by atoms with Crippen LogP contribution >= 0.6 is 0 Å². The summed E-state index contributed by atoms with van der Waals surface area (Å²) in [5.74, 6) is -0.240. The fourth-order valence-corrected chi connectivity index (χ4v) is 3.42. The van der Waals surface area contributed by atoms with Crippen LogP contribution in [0.25, 0.3) is 11.3 Å². The number of carbonyl (C=O) groups excluding carboxylic acids is 1. The molecule has 1 unspecified atom stereocenters. The van der Waals surface area contributed by atoms with Crippen molar-refractivity contribution in [1.82, 2.24) is 15.1 Å². The summed E-state index contributed by atoms with van der Waals surface area (Å²) in [4.78, 5) is 14.9. The fraction of sp³-hybridized carbons (Fsp3) is 0.200. The van der Waals surface area contributed by atoms with E-state index in [2.05, 4.69) is 10.2 Å². The van der Waals surface area contributed by atoms with E-state index in [1.807, 2.05) is 65.6 Å². The number of hydrogen-bond donors (Lipinski definition) is 2. The summed E-state index contributed by atoms with van der Waals surface area (Å²) in [6.07, 6.45) is 0. The van der Waals surface area contributed by atoms with Crippen molar-refractivity contribution in [3.63, 3.8) is 0 Å². The van der Waals surface area contributed by atoms with Gasteiger partial charge in [-0.2, -0.15) is 5.10 Å². The average Bonchev–Trinajstić information content (AvgIpc) is 3.24. The number of fused-ring (bicyclic) bond motifs is 1. The maximum absolute atomic E-state index is 13.0. The Labute approximate surface area is 146 Å². The van der Waals surface area contributed by atoms with E-state index in [1.165, 1.54) is 0 Å². The van der Waals surface area contributed by atoms with Gasteiger partial charge in [0.2, 0.25) is 5.91 Å². The molecule has 0 aliphatic carbocycles. The molecule has 1 aromatic heterocycles. The first kappa shape index (κ1) is 15.6. The molecule has 3 N–H and O–H groups in total. The molecular weight excluding hydrogens is 312 g/mol. The summed E-state index contributed by atoms with van der Waals surface area (Å²) in [6.45, 7) is 1.42. The third-order valence-electron chi connectivity index (χ3n) is 4.75. The number of rotatable bonds is 4. The summed E-state index contributed by atoms with van der Waals surface area (Å²) < 4.78 is 0. The highest BCUT2D eigenvalue weighted by Gasteiger charge is 2.32. The highest BCUT2D eigenvalue weighted by molar-refractivity contribution is 5.85. The van der Waals surface area contributed by atoms with E-state index in [4.69, 9.17) is 5.73 Å². The first-order valence-electron chi connectivity index (χ1n) is 8.43. The summed E-state index contributed by atoms with van der Waals surface area (Å²) in [5.41, 5.74) is 11.0. The monoisotopic (exact) mass is 332 g/mol. The van der Waals surface area contributed by atoms with Crippen molar-refractivity contribution in [1.29, 1.82) is 0 Å². The molecule has 25 heavy (non-hydrogen) atoms. The number of carbonyl (C=O) groups is 1. The summed E-state index contributed by atoms with van der Waals surface area (Å²) in [6, 6.07) is 19.8. The number of nitrogens with two attached hydrogens (primary N) is 1. The molecular formula is C20H20N4O. The first-order chi connectivity index (χ1) is 12.3. The van der Waals surface area contributed by atoms with Crippen LogP contribution in [0.15, 0.2) is 60.7 Å². The van der Waals surface area contributed by atoms with Crippen LogP contribution in [0.4, 0.5) is 0 Å². The van der Waals surface area contributed by atoms with Gasteiger partial charge in [0.15, 0.2) is 0 Å². The van der Waals surface area contributed by atoms with Gasteiger partial charge in [0, 0.05) is 17.7 Å². The molecule has 2 aromatic carbocycles. The molecule has 1 aliphatic heterocycles. The molecule has 1 amide bonds. The number of hydrogen-bond acceptors (Lipinski definition) is 3. The highest BCUT2D eigenvalue weighted by Crippen LogP contribution is 2.32. The lowest BCUT2D eigenvalue weighted by Gasteiger charge is -2.22. The summed E-state index contributed by atoms with van der Waals surface area (Å²) in [5, 5.41) is 7.53. The van der Waals surface area contributed by atoms with E-state index >= 15 is 0 Å². The minimum atomic E-state index is -0.307. The van der Waals surface area contributed by atoms with Crippen molar-refractivity contribution >= 4 is 5.91 Å². The molecule has 0 saturated carbocycles. The predicted molar refractivity (Wildman–Crippen MR) is 96.5 cm³/mol. The number of nitrogens with zero attached hydrogens (tertiary/aromatic N) is 2. The maximum Gasteiger partial charge on any atom is 0.232 e. The molecule has 2 heterocycles. The largest absolute Gasteiger partial charge is 0.332 e. The van der Waals surface area contributed by atoms with Crippen LogP contribution in [0.2, 0.25) is 0 Å². The second-order valence-electron chi connectivity index (χ2n) is 6.29. The molecule has 5 nitrogen and oxygen atoms in total. The van der Waals surface area contributed by atoms with Crippen LogP contribution < -0.4 is 5.73 Å². The smallest absolute Gasteiger partial charge is 0.232 e. The van der Waals surface area contributed by atoms with E-state index in [0.717, 1.165) is 28.1 Å². The van der Waals surface area contributed by atoms with E-state index in [1.54, 1.807) is 0 Å². The Morgan fingerprint density at radius 3 is 2.44 bits per heavy atom. The number of H-pyrrole nitrogens is 1. The Morgan fingerprint density at radius 1 is 1.08 bits per heavy atom. The lowest BCUT2D eigenvalue weighted by molar-refractivity contribution is -0.133. The van der Waals surface area contributed by atoms with Gasteiger partial charge in [0.05, 0.1) is 30.4 Å². The van der Waals surface area contributed by atoms with Gasteiger partial charge in [-0.05, 0) is 5.56 Å². The first-order valence-corrected chi connectivity index (χ1v) is 8.43. The zero-order valence-electron chi connectivity index (χ0n) is 13.9. The Hall–Kier alpha value is -2.92. The molecule has 0 saturated heterocycles. The molecule has 0 fully saturated rings. The zero-order chi connectivity index (χ0) is 17.2. The Morgan fingerprint density at radius 2 is 1.76 bits per heavy atom. The SMILES string of the molecule is NCC(C(=O)N1Cc2[nH]nc(-c3ccccc3)c2C1)c1ccccc1. The molecule has 4 rings (SSSR count). The van der Waals surface area contributed by atoms with Gasteiger partial charge < -0.3 is 10.6 Å². The van der Waals surface area contributed by atoms with Gasteiger partial charge in [0.25, 0.3) is 0 Å². The van der Waals surface area contributed by atoms with Crippen molar-refractivity contribution < 1.29 is 4.79 Å². The quantitative estimate of drug-likeness (QED) is 0.771. The number of aromatic amines is 1. The molecule has 0 radical (unpaired) electrons. The van der Waals surface area contributed by atoms with Crippen LogP contribution in [0.1, 0.15) is 22.7 Å². The van der Waals surface area contributed by atoms with Crippen molar-refractivity contribution in [2.45, 2.75) is 19.0 Å². The third kappa shape index (κ3) is 2.83. The fourth-order valence-electron chi connectivity index (χ4n) is 3.42. The van der Waals surface area contributed by atoms with Crippen LogP contribution in [-0.4, -0.2) is 27.5 Å². The molecule has 0 bridgehead atoms. The third-order valence-corrected chi connectivity index (χ3v) is 4.75. The van der Waals surface area contributed by atoms with Gasteiger partial charge in [-0.25, -0.2) is 0 Å². The van der Waals surface area contributed by atoms with Gasteiger partial charge in [-0.1, -0.05) is 60.7 Å². The van der Waals surface area contributed by atoms with Gasteiger partial charge in [0.1, 0.15) is 0 Å². The second-order valence-corrected chi connectivity index (χ2v) is 6.29. The van der Waals surface area contributed by atoms with E-state index in [-0.39, 0.29) is 11.8 Å². The summed E-state index contributed by atoms with van der Waals surface area (Å²) >= 11 is 0. The highest BCUT2D eigenvalue weighted by atomic mass is 16.2. The number of nitrogens with one attached hydrogen (secondary N) is 1. The molecule has 5 heteroatoms. The van der Waals surface area contributed by atoms with Crippen LogP contribution in [0.3, 0.4) is 0 Å². The van der Waals surface area contributed by atoms with Crippen LogP contribution in [0, 0.1) is 0 Å². The second kappa shape index (κ2) is 6.53. The Kier molecular flexibility index (Phi) is 4.07. The number of amides is 1. The summed E-state index contributed by atoms with van der Waals surface area (Å²) in [7, 11) is 0. The van der Waals surface area contributed by atoms with Gasteiger partial charge in [-0.3, -0.25) is 9.89 Å². The van der Waals surface area contributed by atoms with Crippen molar-refractivity contribution in [3.05, 3.63) is 77.5 Å². The molecule has 126 valence electrons. The Bertz CT molecular complexity index is 873. The van der Waals surface area contributed by atoms with Gasteiger partial charge >= 0.3 is 0 Å². The predicted octanol–water partition coefficient (Wildman–Crippen LogP) is 2.66. The van der Waals surface area contributed by atoms with Crippen molar-refractivity contribution in [2.24, 2.45) is 5.73 Å². The van der Waals surface area contributed by atoms with Gasteiger partial charge in [-0.15, -0.1) is 0 Å². The Balaban J connectivity index is 1.58. The zero-order valence-corrected chi connectivity index (χ0v) is 13.9. The minimum Gasteiger partial charge on any atom is -0.332 e. The van der Waals surface area contributed by atoms with Crippen molar-refractivity contribution in [3.8, 4) is 11.3 Å². The molecule has 1 atom stereocenters. The molecule has 0 spiro atoms. The van der Waals surface area contributed by atoms with E-state index in [9.17, 15) is 4.79 Å². The number of aromatic nitrogens is 2. The van der Waals surface area contributed by atoms with Crippen LogP contribution in [0.5, 0.6) is 0 Å². The maximum atomic E-state index is 13.0. The normalized spacial score (nSPS) is 14.4.